The highest BCUT2D eigenvalue weighted by molar-refractivity contribution is 4.94. The van der Waals surface area contributed by atoms with Crippen LogP contribution in [0.25, 0.3) is 0 Å². The Morgan fingerprint density at radius 2 is 2.14 bits per heavy atom. The monoisotopic (exact) mass is 204 g/mol. The second-order valence-electron chi connectivity index (χ2n) is 4.68. The molecular weight excluding hydrogens is 184 g/mol. The lowest BCUT2D eigenvalue weighted by molar-refractivity contribution is -0.254. The van der Waals surface area contributed by atoms with Crippen LogP contribution in [-0.2, 0) is 9.47 Å². The molecule has 0 aliphatic carbocycles. The Kier molecular flexibility index (Phi) is 3.21. The molecule has 1 rings (SSSR count). The van der Waals surface area contributed by atoms with Crippen molar-refractivity contribution in [2.24, 2.45) is 0 Å². The van der Waals surface area contributed by atoms with Gasteiger partial charge in [0.25, 0.3) is 0 Å². The van der Waals surface area contributed by atoms with Crippen molar-refractivity contribution in [2.45, 2.75) is 57.7 Å². The Labute approximate surface area is 84.8 Å². The van der Waals surface area contributed by atoms with Crippen LogP contribution < -0.4 is 0 Å². The molecular formula is C10H20O4. The lowest BCUT2D eigenvalue weighted by Gasteiger charge is -2.35. The minimum absolute atomic E-state index is 0.0551. The maximum Gasteiger partial charge on any atom is 0.160 e. The van der Waals surface area contributed by atoms with Gasteiger partial charge in [0.15, 0.2) is 5.79 Å². The van der Waals surface area contributed by atoms with Crippen molar-refractivity contribution in [2.75, 3.05) is 6.61 Å². The van der Waals surface area contributed by atoms with Crippen molar-refractivity contribution in [1.29, 1.82) is 0 Å². The average molecular weight is 204 g/mol. The zero-order valence-corrected chi connectivity index (χ0v) is 9.28. The van der Waals surface area contributed by atoms with E-state index in [9.17, 15) is 5.11 Å². The third-order valence-electron chi connectivity index (χ3n) is 2.42. The summed E-state index contributed by atoms with van der Waals surface area (Å²) >= 11 is 0. The summed E-state index contributed by atoms with van der Waals surface area (Å²) in [7, 11) is 0. The van der Waals surface area contributed by atoms with Crippen LogP contribution in [0.4, 0.5) is 0 Å². The van der Waals surface area contributed by atoms with E-state index in [2.05, 4.69) is 0 Å². The van der Waals surface area contributed by atoms with Crippen molar-refractivity contribution in [3.8, 4) is 0 Å². The van der Waals surface area contributed by atoms with Gasteiger partial charge in [0.2, 0.25) is 0 Å². The van der Waals surface area contributed by atoms with Gasteiger partial charge in [-0.25, -0.2) is 0 Å². The van der Waals surface area contributed by atoms with Crippen LogP contribution in [-0.4, -0.2) is 40.4 Å². The van der Waals surface area contributed by atoms with E-state index in [0.29, 0.717) is 6.42 Å². The van der Waals surface area contributed by atoms with Gasteiger partial charge in [-0.15, -0.1) is 0 Å². The summed E-state index contributed by atoms with van der Waals surface area (Å²) in [6.45, 7) is 6.86. The number of ether oxygens (including phenoxy) is 2. The molecule has 2 N–H and O–H groups in total. The van der Waals surface area contributed by atoms with Gasteiger partial charge in [0, 0.05) is 6.42 Å². The van der Waals surface area contributed by atoms with Crippen LogP contribution in [0.3, 0.4) is 0 Å². The summed E-state index contributed by atoms with van der Waals surface area (Å²) < 4.78 is 11.0. The second kappa shape index (κ2) is 3.77. The fourth-order valence-corrected chi connectivity index (χ4v) is 2.09. The molecule has 0 radical (unpaired) electrons. The van der Waals surface area contributed by atoms with Crippen molar-refractivity contribution < 1.29 is 19.7 Å². The van der Waals surface area contributed by atoms with Gasteiger partial charge in [-0.05, 0) is 27.7 Å². The minimum atomic E-state index is -1.20. The van der Waals surface area contributed by atoms with Crippen molar-refractivity contribution in [3.63, 3.8) is 0 Å². The minimum Gasteiger partial charge on any atom is -0.394 e. The lowest BCUT2D eigenvalue weighted by atomic mass is 9.96. The smallest absolute Gasteiger partial charge is 0.160 e. The van der Waals surface area contributed by atoms with Gasteiger partial charge < -0.3 is 19.7 Å². The zero-order valence-electron chi connectivity index (χ0n) is 9.28. The van der Waals surface area contributed by atoms with Gasteiger partial charge in [0.1, 0.15) is 6.10 Å². The van der Waals surface area contributed by atoms with Gasteiger partial charge in [-0.3, -0.25) is 0 Å². The summed E-state index contributed by atoms with van der Waals surface area (Å²) in [6, 6.07) is 0. The molecule has 4 nitrogen and oxygen atoms in total. The van der Waals surface area contributed by atoms with Crippen LogP contribution in [0.1, 0.15) is 34.1 Å². The largest absolute Gasteiger partial charge is 0.394 e. The highest BCUT2D eigenvalue weighted by atomic mass is 16.7. The van der Waals surface area contributed by atoms with E-state index in [4.69, 9.17) is 14.6 Å². The molecule has 1 aliphatic rings. The Morgan fingerprint density at radius 3 is 2.57 bits per heavy atom. The molecule has 1 saturated heterocycles. The standard InChI is InChI=1S/C10H20O4/c1-7-5-10(4,8(6-11)13-7)14-9(2,3)12/h7-8,11-12H,5-6H2,1-4H3. The molecule has 14 heavy (non-hydrogen) atoms. The molecule has 3 unspecified atom stereocenters. The quantitative estimate of drug-likeness (QED) is 0.663. The van der Waals surface area contributed by atoms with Crippen LogP contribution in [0.15, 0.2) is 0 Å². The average Bonchev–Trinajstić information content (AvgIpc) is 2.20. The number of rotatable bonds is 3. The first-order chi connectivity index (χ1) is 6.27. The number of aliphatic hydroxyl groups is 2. The molecule has 84 valence electrons. The molecule has 0 aromatic carbocycles. The second-order valence-corrected chi connectivity index (χ2v) is 4.68. The molecule has 0 aromatic heterocycles. The Morgan fingerprint density at radius 1 is 1.57 bits per heavy atom. The zero-order chi connectivity index (χ0) is 11.0. The maximum atomic E-state index is 9.58. The highest BCUT2D eigenvalue weighted by Crippen LogP contribution is 2.36. The first-order valence-corrected chi connectivity index (χ1v) is 4.96. The first-order valence-electron chi connectivity index (χ1n) is 4.96. The fraction of sp³-hybridized carbons (Fsp3) is 1.00. The summed E-state index contributed by atoms with van der Waals surface area (Å²) in [5.41, 5.74) is -0.605. The van der Waals surface area contributed by atoms with E-state index in [-0.39, 0.29) is 18.8 Å². The van der Waals surface area contributed by atoms with Gasteiger partial charge in [-0.2, -0.15) is 0 Å². The summed E-state index contributed by atoms with van der Waals surface area (Å²) in [5.74, 6) is -1.20. The molecule has 0 saturated carbocycles. The van der Waals surface area contributed by atoms with E-state index in [1.165, 1.54) is 0 Å². The predicted molar refractivity (Wildman–Crippen MR) is 51.8 cm³/mol. The van der Waals surface area contributed by atoms with E-state index < -0.39 is 11.4 Å². The molecule has 1 aliphatic heterocycles. The molecule has 3 atom stereocenters. The van der Waals surface area contributed by atoms with E-state index in [1.807, 2.05) is 13.8 Å². The first kappa shape index (κ1) is 11.9. The topological polar surface area (TPSA) is 58.9 Å². The van der Waals surface area contributed by atoms with E-state index >= 15 is 0 Å². The van der Waals surface area contributed by atoms with Crippen LogP contribution in [0.2, 0.25) is 0 Å². The lowest BCUT2D eigenvalue weighted by Crippen LogP contribution is -2.46. The molecule has 1 heterocycles. The molecule has 0 spiro atoms. The molecule has 0 aromatic rings. The third-order valence-corrected chi connectivity index (χ3v) is 2.42. The van der Waals surface area contributed by atoms with E-state index in [0.717, 1.165) is 0 Å². The molecule has 0 bridgehead atoms. The Balaban J connectivity index is 2.71. The van der Waals surface area contributed by atoms with Crippen molar-refractivity contribution >= 4 is 0 Å². The SMILES string of the molecule is CC1CC(C)(OC(C)(C)O)C(CO)O1. The van der Waals surface area contributed by atoms with Crippen molar-refractivity contribution in [3.05, 3.63) is 0 Å². The summed E-state index contributed by atoms with van der Waals surface area (Å²) in [4.78, 5) is 0. The number of aliphatic hydroxyl groups excluding tert-OH is 1. The van der Waals surface area contributed by atoms with Crippen LogP contribution >= 0.6 is 0 Å². The predicted octanol–water partition coefficient (Wildman–Crippen LogP) is 0.660. The Hall–Kier alpha value is -0.160. The number of hydrogen-bond acceptors (Lipinski definition) is 4. The highest BCUT2D eigenvalue weighted by Gasteiger charge is 2.46. The summed E-state index contributed by atoms with van der Waals surface area (Å²) in [5, 5.41) is 18.7. The fourth-order valence-electron chi connectivity index (χ4n) is 2.09. The normalized spacial score (nSPS) is 39.0. The third kappa shape index (κ3) is 2.67. The molecule has 0 amide bonds. The number of hydrogen-bond donors (Lipinski definition) is 2. The van der Waals surface area contributed by atoms with E-state index in [1.54, 1.807) is 13.8 Å². The van der Waals surface area contributed by atoms with Crippen molar-refractivity contribution in [1.82, 2.24) is 0 Å². The molecule has 4 heteroatoms. The van der Waals surface area contributed by atoms with Crippen LogP contribution in [0, 0.1) is 0 Å². The maximum absolute atomic E-state index is 9.58. The van der Waals surface area contributed by atoms with Gasteiger partial charge in [-0.1, -0.05) is 0 Å². The van der Waals surface area contributed by atoms with Gasteiger partial charge in [0.05, 0.1) is 18.3 Å². The molecule has 1 fully saturated rings. The Bertz CT molecular complexity index is 199. The van der Waals surface area contributed by atoms with Gasteiger partial charge >= 0.3 is 0 Å². The van der Waals surface area contributed by atoms with Crippen LogP contribution in [0.5, 0.6) is 0 Å². The summed E-state index contributed by atoms with van der Waals surface area (Å²) in [6.07, 6.45) is 0.380.